The Labute approximate surface area is 283 Å². The van der Waals surface area contributed by atoms with Crippen LogP contribution in [0.4, 0.5) is 5.69 Å². The summed E-state index contributed by atoms with van der Waals surface area (Å²) in [5, 5.41) is 3.37. The molecule has 2 amide bonds. The molecule has 4 rings (SSSR count). The molecule has 4 aromatic carbocycles. The first-order chi connectivity index (χ1) is 21.5. The average Bonchev–Trinajstić information content (AvgIpc) is 3.03. The predicted molar refractivity (Wildman–Crippen MR) is 184 cm³/mol. The Kier molecular flexibility index (Phi) is 12.1. The van der Waals surface area contributed by atoms with E-state index in [0.29, 0.717) is 6.42 Å². The number of hydrogen-bond acceptors (Lipinski definition) is 4. The SMILES string of the molecule is CC[C@@H](C)NC(=O)[C@H](Cc1ccccc1)N(Cc1cccc(Br)c1)C(=O)CN(c1cc(Cl)ccc1Cl)S(=O)(=O)c1ccccc1. The summed E-state index contributed by atoms with van der Waals surface area (Å²) in [6.07, 6.45) is 0.909. The van der Waals surface area contributed by atoms with Crippen molar-refractivity contribution >= 4 is 66.7 Å². The number of carbonyl (C=O) groups is 2. The minimum absolute atomic E-state index is 0.0252. The highest BCUT2D eigenvalue weighted by atomic mass is 79.9. The minimum Gasteiger partial charge on any atom is -0.352 e. The second-order valence-corrected chi connectivity index (χ2v) is 14.2. The molecule has 0 bridgehead atoms. The van der Waals surface area contributed by atoms with E-state index >= 15 is 0 Å². The van der Waals surface area contributed by atoms with E-state index < -0.39 is 28.5 Å². The van der Waals surface area contributed by atoms with Crippen molar-refractivity contribution in [1.29, 1.82) is 0 Å². The van der Waals surface area contributed by atoms with Crippen LogP contribution in [0.15, 0.2) is 112 Å². The summed E-state index contributed by atoms with van der Waals surface area (Å²) in [5.74, 6) is -0.930. The van der Waals surface area contributed by atoms with Gasteiger partial charge in [-0.3, -0.25) is 13.9 Å². The van der Waals surface area contributed by atoms with Gasteiger partial charge in [0.2, 0.25) is 11.8 Å². The molecule has 11 heteroatoms. The Morgan fingerprint density at radius 3 is 2.16 bits per heavy atom. The number of nitrogens with one attached hydrogen (secondary N) is 1. The van der Waals surface area contributed by atoms with E-state index in [9.17, 15) is 18.0 Å². The van der Waals surface area contributed by atoms with Crippen LogP contribution in [-0.2, 0) is 32.6 Å². The third-order valence-corrected chi connectivity index (χ3v) is 10.1. The fourth-order valence-corrected chi connectivity index (χ4v) is 7.07. The van der Waals surface area contributed by atoms with Crippen LogP contribution in [-0.4, -0.2) is 43.8 Å². The molecular weight excluding hydrogens is 697 g/mol. The highest BCUT2D eigenvalue weighted by molar-refractivity contribution is 9.10. The molecule has 236 valence electrons. The van der Waals surface area contributed by atoms with E-state index in [0.717, 1.165) is 19.9 Å². The van der Waals surface area contributed by atoms with Gasteiger partial charge in [0.1, 0.15) is 12.6 Å². The number of rotatable bonds is 13. The maximum absolute atomic E-state index is 14.5. The van der Waals surface area contributed by atoms with Crippen LogP contribution in [0.1, 0.15) is 31.4 Å². The van der Waals surface area contributed by atoms with E-state index in [4.69, 9.17) is 23.2 Å². The average molecular weight is 732 g/mol. The Balaban J connectivity index is 1.83. The normalized spacial score (nSPS) is 12.6. The zero-order valence-electron chi connectivity index (χ0n) is 24.9. The smallest absolute Gasteiger partial charge is 0.264 e. The van der Waals surface area contributed by atoms with Crippen molar-refractivity contribution in [2.24, 2.45) is 0 Å². The van der Waals surface area contributed by atoms with Crippen molar-refractivity contribution in [2.75, 3.05) is 10.8 Å². The van der Waals surface area contributed by atoms with Gasteiger partial charge in [-0.1, -0.05) is 107 Å². The van der Waals surface area contributed by atoms with Crippen molar-refractivity contribution in [3.63, 3.8) is 0 Å². The highest BCUT2D eigenvalue weighted by Crippen LogP contribution is 2.33. The molecule has 0 aromatic heterocycles. The molecule has 2 atom stereocenters. The molecule has 0 aliphatic heterocycles. The van der Waals surface area contributed by atoms with E-state index in [2.05, 4.69) is 21.2 Å². The second-order valence-electron chi connectivity index (χ2n) is 10.6. The Bertz CT molecular complexity index is 1730. The topological polar surface area (TPSA) is 86.8 Å². The van der Waals surface area contributed by atoms with Crippen LogP contribution in [0.2, 0.25) is 10.0 Å². The van der Waals surface area contributed by atoms with Crippen LogP contribution >= 0.6 is 39.1 Å². The molecular formula is C34H34BrCl2N3O4S. The predicted octanol–water partition coefficient (Wildman–Crippen LogP) is 7.51. The molecule has 0 saturated carbocycles. The molecule has 0 saturated heterocycles. The lowest BCUT2D eigenvalue weighted by Gasteiger charge is -2.34. The Hall–Kier alpha value is -3.37. The fraction of sp³-hybridized carbons (Fsp3) is 0.235. The maximum atomic E-state index is 14.5. The summed E-state index contributed by atoms with van der Waals surface area (Å²) >= 11 is 16.3. The van der Waals surface area contributed by atoms with Crippen molar-refractivity contribution in [3.8, 4) is 0 Å². The van der Waals surface area contributed by atoms with Crippen LogP contribution < -0.4 is 9.62 Å². The van der Waals surface area contributed by atoms with Gasteiger partial charge in [0.05, 0.1) is 15.6 Å². The third-order valence-electron chi connectivity index (χ3n) is 7.30. The second kappa shape index (κ2) is 15.8. The minimum atomic E-state index is -4.29. The first-order valence-electron chi connectivity index (χ1n) is 14.4. The Morgan fingerprint density at radius 1 is 0.867 bits per heavy atom. The standard InChI is InChI=1S/C34H34BrCl2N3O4S/c1-3-24(2)38-34(42)32(20-25-11-6-4-7-12-25)39(22-26-13-10-14-27(35)19-26)33(41)23-40(31-21-28(36)17-18-30(31)37)45(43,44)29-15-8-5-9-16-29/h4-19,21,24,32H,3,20,22-23H2,1-2H3,(H,38,42)/t24-,32+/m1/s1. The van der Waals surface area contributed by atoms with Gasteiger partial charge in [0, 0.05) is 28.5 Å². The summed E-state index contributed by atoms with van der Waals surface area (Å²) in [6.45, 7) is 3.27. The lowest BCUT2D eigenvalue weighted by molar-refractivity contribution is -0.140. The highest BCUT2D eigenvalue weighted by Gasteiger charge is 2.35. The van der Waals surface area contributed by atoms with E-state index in [1.807, 2.05) is 68.4 Å². The van der Waals surface area contributed by atoms with Crippen molar-refractivity contribution < 1.29 is 18.0 Å². The van der Waals surface area contributed by atoms with Crippen LogP contribution in [0.3, 0.4) is 0 Å². The molecule has 45 heavy (non-hydrogen) atoms. The van der Waals surface area contributed by atoms with Gasteiger partial charge in [-0.05, 0) is 66.9 Å². The molecule has 0 aliphatic carbocycles. The largest absolute Gasteiger partial charge is 0.352 e. The summed E-state index contributed by atoms with van der Waals surface area (Å²) in [4.78, 5) is 29.9. The molecule has 0 unspecified atom stereocenters. The maximum Gasteiger partial charge on any atom is 0.264 e. The molecule has 7 nitrogen and oxygen atoms in total. The Morgan fingerprint density at radius 2 is 1.51 bits per heavy atom. The summed E-state index contributed by atoms with van der Waals surface area (Å²) in [7, 11) is -4.29. The lowest BCUT2D eigenvalue weighted by Crippen LogP contribution is -2.54. The number of halogens is 3. The number of sulfonamides is 1. The van der Waals surface area contributed by atoms with Crippen LogP contribution in [0, 0.1) is 0 Å². The van der Waals surface area contributed by atoms with Gasteiger partial charge in [-0.15, -0.1) is 0 Å². The number of nitrogens with zero attached hydrogens (tertiary/aromatic N) is 2. The summed E-state index contributed by atoms with van der Waals surface area (Å²) in [6, 6.07) is 27.9. The molecule has 0 fully saturated rings. The molecule has 0 radical (unpaired) electrons. The van der Waals surface area contributed by atoms with E-state index in [1.54, 1.807) is 18.2 Å². The monoisotopic (exact) mass is 729 g/mol. The zero-order valence-corrected chi connectivity index (χ0v) is 28.8. The molecule has 0 spiro atoms. The van der Waals surface area contributed by atoms with Gasteiger partial charge >= 0.3 is 0 Å². The number of amides is 2. The van der Waals surface area contributed by atoms with Gasteiger partial charge in [-0.2, -0.15) is 0 Å². The quantitative estimate of drug-likeness (QED) is 0.154. The van der Waals surface area contributed by atoms with Crippen LogP contribution in [0.25, 0.3) is 0 Å². The van der Waals surface area contributed by atoms with Crippen molar-refractivity contribution in [2.45, 2.75) is 50.2 Å². The third kappa shape index (κ3) is 9.10. The molecule has 1 N–H and O–H groups in total. The van der Waals surface area contributed by atoms with Gasteiger partial charge in [-0.25, -0.2) is 8.42 Å². The van der Waals surface area contributed by atoms with Gasteiger partial charge < -0.3 is 10.2 Å². The van der Waals surface area contributed by atoms with Gasteiger partial charge in [0.15, 0.2) is 0 Å². The fourth-order valence-electron chi connectivity index (χ4n) is 4.74. The number of carbonyl (C=O) groups excluding carboxylic acids is 2. The number of benzene rings is 4. The first kappa shape index (κ1) is 34.5. The number of hydrogen-bond donors (Lipinski definition) is 1. The molecule has 0 aliphatic rings. The molecule has 0 heterocycles. The lowest BCUT2D eigenvalue weighted by atomic mass is 10.0. The zero-order chi connectivity index (χ0) is 32.6. The van der Waals surface area contributed by atoms with E-state index in [1.165, 1.54) is 35.2 Å². The first-order valence-corrected chi connectivity index (χ1v) is 17.4. The van der Waals surface area contributed by atoms with E-state index in [-0.39, 0.29) is 45.5 Å². The van der Waals surface area contributed by atoms with Gasteiger partial charge in [0.25, 0.3) is 10.0 Å². The summed E-state index contributed by atoms with van der Waals surface area (Å²) in [5.41, 5.74) is 1.65. The molecule has 4 aromatic rings. The summed E-state index contributed by atoms with van der Waals surface area (Å²) < 4.78 is 30.0. The number of anilines is 1. The van der Waals surface area contributed by atoms with Crippen LogP contribution in [0.5, 0.6) is 0 Å². The van der Waals surface area contributed by atoms with Crippen molar-refractivity contribution in [1.82, 2.24) is 10.2 Å². The van der Waals surface area contributed by atoms with Crippen molar-refractivity contribution in [3.05, 3.63) is 129 Å².